The quantitative estimate of drug-likeness (QED) is 0.381. The zero-order chi connectivity index (χ0) is 19.5. The largest absolute Gasteiger partial charge is 0.760 e. The summed E-state index contributed by atoms with van der Waals surface area (Å²) in [6.07, 6.45) is 4.61. The molecule has 0 aromatic rings. The van der Waals surface area contributed by atoms with E-state index in [1.54, 1.807) is 4.90 Å². The van der Waals surface area contributed by atoms with Gasteiger partial charge in [0.2, 0.25) is 0 Å². The fourth-order valence-corrected chi connectivity index (χ4v) is 3.12. The molecule has 0 aliphatic rings. The van der Waals surface area contributed by atoms with E-state index in [0.717, 1.165) is 25.7 Å². The number of carbonyl (C=O) groups is 1. The molecule has 0 saturated carbocycles. The predicted octanol–water partition coefficient (Wildman–Crippen LogP) is 3.95. The molecule has 0 saturated heterocycles. The van der Waals surface area contributed by atoms with E-state index in [1.165, 1.54) is 4.31 Å². The first-order valence-electron chi connectivity index (χ1n) is 9.39. The number of nitrogens with zero attached hydrogens (tertiary/aromatic N) is 2. The Hall–Kier alpha value is -0.660. The van der Waals surface area contributed by atoms with E-state index in [4.69, 9.17) is 4.74 Å². The lowest BCUT2D eigenvalue weighted by Gasteiger charge is -2.29. The van der Waals surface area contributed by atoms with Gasteiger partial charge in [-0.15, -0.1) is 0 Å². The van der Waals surface area contributed by atoms with Crippen LogP contribution in [0.4, 0.5) is 4.79 Å². The molecular weight excluding hydrogens is 340 g/mol. The summed E-state index contributed by atoms with van der Waals surface area (Å²) in [5, 5.41) is 0. The van der Waals surface area contributed by atoms with Gasteiger partial charge in [-0.3, -0.25) is 4.21 Å². The Balaban J connectivity index is 4.58. The molecule has 0 radical (unpaired) electrons. The molecule has 0 N–H and O–H groups in total. The first-order valence-corrected chi connectivity index (χ1v) is 10.4. The van der Waals surface area contributed by atoms with Crippen molar-refractivity contribution < 1.29 is 18.3 Å². The van der Waals surface area contributed by atoms with Crippen molar-refractivity contribution in [1.29, 1.82) is 0 Å². The summed E-state index contributed by atoms with van der Waals surface area (Å²) in [5.74, 6) is 0.272. The van der Waals surface area contributed by atoms with Gasteiger partial charge in [0.15, 0.2) is 0 Å². The maximum Gasteiger partial charge on any atom is 0.410 e. The monoisotopic (exact) mass is 377 g/mol. The number of unbranched alkanes of at least 4 members (excludes halogenated alkanes) is 3. The van der Waals surface area contributed by atoms with Crippen molar-refractivity contribution in [3.8, 4) is 0 Å². The first-order chi connectivity index (χ1) is 11.6. The molecule has 150 valence electrons. The predicted molar refractivity (Wildman–Crippen MR) is 102 cm³/mol. The van der Waals surface area contributed by atoms with Crippen LogP contribution in [0.25, 0.3) is 0 Å². The Bertz CT molecular complexity index is 397. The summed E-state index contributed by atoms with van der Waals surface area (Å²) in [4.78, 5) is 14.1. The lowest BCUT2D eigenvalue weighted by molar-refractivity contribution is 0.0242. The fraction of sp³-hybridized carbons (Fsp3) is 0.944. The molecule has 1 atom stereocenters. The third-order valence-electron chi connectivity index (χ3n) is 3.55. The maximum absolute atomic E-state index is 12.4. The standard InChI is InChI=1S/C18H38N2O4S/c1-7-8-9-10-12-19(17(21)24-18(4,5)6)13-11-14-20(25(22)23)15-16(2)3/h16H,7-15H2,1-6H3,(H,22,23)/p-1. The van der Waals surface area contributed by atoms with Gasteiger partial charge in [0, 0.05) is 37.4 Å². The van der Waals surface area contributed by atoms with Crippen LogP contribution in [-0.2, 0) is 16.0 Å². The third-order valence-corrected chi connectivity index (χ3v) is 4.30. The van der Waals surface area contributed by atoms with Crippen LogP contribution in [0.5, 0.6) is 0 Å². The van der Waals surface area contributed by atoms with Crippen molar-refractivity contribution in [2.45, 2.75) is 79.2 Å². The summed E-state index contributed by atoms with van der Waals surface area (Å²) in [7, 11) is 0. The molecule has 25 heavy (non-hydrogen) atoms. The van der Waals surface area contributed by atoms with Gasteiger partial charge < -0.3 is 14.2 Å². The van der Waals surface area contributed by atoms with Gasteiger partial charge in [-0.05, 0) is 39.5 Å². The van der Waals surface area contributed by atoms with Crippen LogP contribution in [0.2, 0.25) is 0 Å². The van der Waals surface area contributed by atoms with Crippen molar-refractivity contribution in [2.75, 3.05) is 26.2 Å². The molecule has 0 aromatic heterocycles. The summed E-state index contributed by atoms with van der Waals surface area (Å²) in [6.45, 7) is 13.8. The first kappa shape index (κ1) is 24.3. The lowest BCUT2D eigenvalue weighted by Crippen LogP contribution is -2.39. The van der Waals surface area contributed by atoms with E-state index < -0.39 is 16.9 Å². The van der Waals surface area contributed by atoms with Crippen LogP contribution in [0, 0.1) is 5.92 Å². The Labute approximate surface area is 156 Å². The molecule has 0 aliphatic carbocycles. The van der Waals surface area contributed by atoms with Gasteiger partial charge in [-0.2, -0.15) is 0 Å². The fourth-order valence-electron chi connectivity index (χ4n) is 2.42. The number of hydrogen-bond donors (Lipinski definition) is 0. The topological polar surface area (TPSA) is 72.9 Å². The van der Waals surface area contributed by atoms with Gasteiger partial charge in [0.25, 0.3) is 0 Å². The minimum atomic E-state index is -2.22. The van der Waals surface area contributed by atoms with Crippen LogP contribution in [0.15, 0.2) is 0 Å². The molecular formula is C18H37N2O4S-. The highest BCUT2D eigenvalue weighted by molar-refractivity contribution is 7.76. The molecule has 0 fully saturated rings. The second-order valence-corrected chi connectivity index (χ2v) is 8.83. The molecule has 1 unspecified atom stereocenters. The summed E-state index contributed by atoms with van der Waals surface area (Å²) >= 11 is -2.22. The van der Waals surface area contributed by atoms with Crippen molar-refractivity contribution in [3.63, 3.8) is 0 Å². The number of ether oxygens (including phenoxy) is 1. The number of amides is 1. The highest BCUT2D eigenvalue weighted by atomic mass is 32.2. The molecule has 0 aromatic carbocycles. The Morgan fingerprint density at radius 3 is 2.16 bits per heavy atom. The summed E-state index contributed by atoms with van der Waals surface area (Å²) in [5.41, 5.74) is -0.529. The van der Waals surface area contributed by atoms with E-state index in [0.29, 0.717) is 32.6 Å². The second kappa shape index (κ2) is 12.7. The zero-order valence-corrected chi connectivity index (χ0v) is 17.7. The molecule has 0 aliphatic heterocycles. The van der Waals surface area contributed by atoms with Crippen molar-refractivity contribution in [3.05, 3.63) is 0 Å². The van der Waals surface area contributed by atoms with E-state index in [1.807, 2.05) is 34.6 Å². The average molecular weight is 378 g/mol. The van der Waals surface area contributed by atoms with Gasteiger partial charge in [0.05, 0.1) is 0 Å². The van der Waals surface area contributed by atoms with Gasteiger partial charge in [0.1, 0.15) is 5.60 Å². The van der Waals surface area contributed by atoms with Gasteiger partial charge in [-0.25, -0.2) is 9.10 Å². The van der Waals surface area contributed by atoms with Gasteiger partial charge >= 0.3 is 6.09 Å². The second-order valence-electron chi connectivity index (χ2n) is 7.88. The smallest absolute Gasteiger partial charge is 0.410 e. The third kappa shape index (κ3) is 13.2. The number of hydrogen-bond acceptors (Lipinski definition) is 4. The van der Waals surface area contributed by atoms with E-state index in [9.17, 15) is 13.6 Å². The molecule has 6 nitrogen and oxygen atoms in total. The molecule has 1 amide bonds. The zero-order valence-electron chi connectivity index (χ0n) is 16.9. The van der Waals surface area contributed by atoms with Crippen LogP contribution >= 0.6 is 0 Å². The van der Waals surface area contributed by atoms with Gasteiger partial charge in [-0.1, -0.05) is 40.0 Å². The lowest BCUT2D eigenvalue weighted by atomic mass is 10.2. The SMILES string of the molecule is CCCCCCN(CCCN(CC(C)C)S(=O)[O-])C(=O)OC(C)(C)C. The normalized spacial score (nSPS) is 13.3. The minimum Gasteiger partial charge on any atom is -0.760 e. The Kier molecular flexibility index (Phi) is 12.3. The Morgan fingerprint density at radius 2 is 1.68 bits per heavy atom. The molecule has 0 heterocycles. The van der Waals surface area contributed by atoms with Crippen LogP contribution in [0.3, 0.4) is 0 Å². The summed E-state index contributed by atoms with van der Waals surface area (Å²) < 4.78 is 29.5. The van der Waals surface area contributed by atoms with Crippen molar-refractivity contribution in [2.24, 2.45) is 5.92 Å². The van der Waals surface area contributed by atoms with E-state index in [-0.39, 0.29) is 12.0 Å². The molecule has 0 spiro atoms. The maximum atomic E-state index is 12.4. The Morgan fingerprint density at radius 1 is 1.08 bits per heavy atom. The highest BCUT2D eigenvalue weighted by Crippen LogP contribution is 2.12. The summed E-state index contributed by atoms with van der Waals surface area (Å²) in [6, 6.07) is 0. The minimum absolute atomic E-state index is 0.272. The van der Waals surface area contributed by atoms with Crippen molar-refractivity contribution in [1.82, 2.24) is 9.21 Å². The average Bonchev–Trinajstić information content (AvgIpc) is 2.46. The molecule has 0 rings (SSSR count). The van der Waals surface area contributed by atoms with Crippen molar-refractivity contribution >= 4 is 17.4 Å². The number of rotatable bonds is 12. The van der Waals surface area contributed by atoms with E-state index >= 15 is 0 Å². The highest BCUT2D eigenvalue weighted by Gasteiger charge is 2.22. The number of carbonyl (C=O) groups excluding carboxylic acids is 1. The molecule has 7 heteroatoms. The molecule has 0 bridgehead atoms. The van der Waals surface area contributed by atoms with E-state index in [2.05, 4.69) is 6.92 Å². The van der Waals surface area contributed by atoms with Crippen LogP contribution in [-0.4, -0.2) is 55.8 Å². The van der Waals surface area contributed by atoms with Crippen LogP contribution < -0.4 is 0 Å². The van der Waals surface area contributed by atoms with Crippen LogP contribution in [0.1, 0.15) is 73.6 Å².